The van der Waals surface area contributed by atoms with Gasteiger partial charge in [0.15, 0.2) is 0 Å². The molecule has 1 aromatic carbocycles. The van der Waals surface area contributed by atoms with Crippen LogP contribution in [-0.2, 0) is 9.59 Å². The maximum atomic E-state index is 13.1. The first-order valence-electron chi connectivity index (χ1n) is 10.9. The number of amides is 3. The fourth-order valence-electron chi connectivity index (χ4n) is 4.44. The van der Waals surface area contributed by atoms with Gasteiger partial charge in [-0.1, -0.05) is 37.6 Å². The lowest BCUT2D eigenvalue weighted by Crippen LogP contribution is -2.46. The Balaban J connectivity index is 1.53. The first-order valence-corrected chi connectivity index (χ1v) is 10.9. The Bertz CT molecular complexity index is 1000. The van der Waals surface area contributed by atoms with Crippen molar-refractivity contribution in [3.63, 3.8) is 0 Å². The monoisotopic (exact) mass is 420 g/mol. The molecular weight excluding hydrogens is 392 g/mol. The number of anilines is 1. The Labute approximate surface area is 182 Å². The van der Waals surface area contributed by atoms with Crippen LogP contribution in [0.4, 0.5) is 5.69 Å². The molecule has 1 aliphatic carbocycles. The normalized spacial score (nSPS) is 21.3. The molecule has 2 heterocycles. The van der Waals surface area contributed by atoms with Gasteiger partial charge in [0.2, 0.25) is 5.91 Å². The number of nitrogens with two attached hydrogens (primary N) is 1. The maximum Gasteiger partial charge on any atom is 0.313 e. The predicted molar refractivity (Wildman–Crippen MR) is 117 cm³/mol. The number of hydrogen-bond acceptors (Lipinski definition) is 4. The Hall–Kier alpha value is -3.22. The van der Waals surface area contributed by atoms with E-state index in [1.807, 2.05) is 0 Å². The minimum atomic E-state index is -0.738. The molecule has 0 radical (unpaired) electrons. The lowest BCUT2D eigenvalue weighted by Gasteiger charge is -2.39. The van der Waals surface area contributed by atoms with Gasteiger partial charge in [-0.05, 0) is 54.7 Å². The van der Waals surface area contributed by atoms with Crippen LogP contribution in [-0.4, -0.2) is 34.2 Å². The number of primary amides is 1. The zero-order valence-electron chi connectivity index (χ0n) is 17.7. The van der Waals surface area contributed by atoms with Gasteiger partial charge in [-0.3, -0.25) is 19.4 Å². The third-order valence-corrected chi connectivity index (χ3v) is 6.43. The number of nitrogens with one attached hydrogen (secondary N) is 1. The van der Waals surface area contributed by atoms with Crippen molar-refractivity contribution < 1.29 is 14.4 Å². The average molecular weight is 421 g/mol. The summed E-state index contributed by atoms with van der Waals surface area (Å²) in [5.41, 5.74) is 8.12. The molecule has 7 nitrogen and oxygen atoms in total. The molecule has 4 rings (SSSR count). The molecule has 7 heteroatoms. The molecule has 0 unspecified atom stereocenters. The van der Waals surface area contributed by atoms with Crippen LogP contribution in [0.15, 0.2) is 42.7 Å². The number of rotatable bonds is 4. The van der Waals surface area contributed by atoms with Crippen molar-refractivity contribution in [1.82, 2.24) is 9.88 Å². The van der Waals surface area contributed by atoms with Gasteiger partial charge in [-0.15, -0.1) is 0 Å². The lowest BCUT2D eigenvalue weighted by atomic mass is 9.79. The summed E-state index contributed by atoms with van der Waals surface area (Å²) in [6, 6.07) is 9.79. The molecule has 2 aliphatic rings. The molecule has 1 saturated carbocycles. The third kappa shape index (κ3) is 4.60. The minimum absolute atomic E-state index is 0.121. The molecule has 162 valence electrons. The van der Waals surface area contributed by atoms with E-state index in [1.165, 1.54) is 43.3 Å². The first-order chi connectivity index (χ1) is 14.9. The predicted octanol–water partition coefficient (Wildman–Crippen LogP) is 3.39. The van der Waals surface area contributed by atoms with Gasteiger partial charge < -0.3 is 16.0 Å². The number of likely N-dealkylation sites (tertiary alicyclic amines) is 1. The van der Waals surface area contributed by atoms with Crippen LogP contribution >= 0.6 is 0 Å². The van der Waals surface area contributed by atoms with Gasteiger partial charge >= 0.3 is 11.8 Å². The summed E-state index contributed by atoms with van der Waals surface area (Å²) in [6.07, 6.45) is 8.24. The van der Waals surface area contributed by atoms with Crippen LogP contribution in [0.25, 0.3) is 0 Å². The van der Waals surface area contributed by atoms with Gasteiger partial charge in [0, 0.05) is 12.7 Å². The molecule has 2 atom stereocenters. The first kappa shape index (κ1) is 21.0. The van der Waals surface area contributed by atoms with Crippen LogP contribution in [0.5, 0.6) is 0 Å². The highest BCUT2D eigenvalue weighted by atomic mass is 16.2. The standard InChI is InChI=1S/C24H28N4O3/c1-15-8-9-21(18-7-3-6-17(10-18)16-4-2-5-16)28(14-15)24(31)23(30)27-20-11-19(22(25)29)12-26-13-20/h3,6-7,10-13,15-16,21H,2,4-5,8-9,14H2,1H3,(H2,25,29)(H,27,30)/t15-,21+/m1/s1. The number of aromatic nitrogens is 1. The van der Waals surface area contributed by atoms with Crippen molar-refractivity contribution in [2.75, 3.05) is 11.9 Å². The Kier molecular flexibility index (Phi) is 6.02. The summed E-state index contributed by atoms with van der Waals surface area (Å²) in [5.74, 6) is -1.03. The average Bonchev–Trinajstić information content (AvgIpc) is 2.72. The molecule has 2 aromatic rings. The second kappa shape index (κ2) is 8.88. The van der Waals surface area contributed by atoms with Crippen LogP contribution in [0.3, 0.4) is 0 Å². The lowest BCUT2D eigenvalue weighted by molar-refractivity contribution is -0.146. The second-order valence-corrected chi connectivity index (χ2v) is 8.73. The highest BCUT2D eigenvalue weighted by molar-refractivity contribution is 6.39. The van der Waals surface area contributed by atoms with E-state index in [-0.39, 0.29) is 17.3 Å². The molecule has 3 N–H and O–H groups in total. The van der Waals surface area contributed by atoms with E-state index in [2.05, 4.69) is 41.5 Å². The largest absolute Gasteiger partial charge is 0.366 e. The number of carbonyl (C=O) groups excluding carboxylic acids is 3. The third-order valence-electron chi connectivity index (χ3n) is 6.43. The van der Waals surface area contributed by atoms with Crippen LogP contribution in [0, 0.1) is 5.92 Å². The molecule has 3 amide bonds. The fraction of sp³-hybridized carbons (Fsp3) is 0.417. The topological polar surface area (TPSA) is 105 Å². The molecular formula is C24H28N4O3. The van der Waals surface area contributed by atoms with Gasteiger partial charge in [-0.2, -0.15) is 0 Å². The van der Waals surface area contributed by atoms with Crippen molar-refractivity contribution in [3.8, 4) is 0 Å². The summed E-state index contributed by atoms with van der Waals surface area (Å²) < 4.78 is 0. The zero-order valence-corrected chi connectivity index (χ0v) is 17.7. The molecule has 1 saturated heterocycles. The van der Waals surface area contributed by atoms with E-state index in [0.29, 0.717) is 18.4 Å². The molecule has 1 aliphatic heterocycles. The van der Waals surface area contributed by atoms with Crippen LogP contribution in [0.1, 0.15) is 72.5 Å². The van der Waals surface area contributed by atoms with Crippen LogP contribution in [0.2, 0.25) is 0 Å². The molecule has 0 bridgehead atoms. The number of nitrogens with zero attached hydrogens (tertiary/aromatic N) is 2. The Morgan fingerprint density at radius 2 is 1.84 bits per heavy atom. The second-order valence-electron chi connectivity index (χ2n) is 8.73. The number of piperidine rings is 1. The van der Waals surface area contributed by atoms with Crippen molar-refractivity contribution in [3.05, 3.63) is 59.4 Å². The quantitative estimate of drug-likeness (QED) is 0.740. The summed E-state index contributed by atoms with van der Waals surface area (Å²) in [4.78, 5) is 42.8. The van der Waals surface area contributed by atoms with E-state index in [4.69, 9.17) is 5.73 Å². The molecule has 2 fully saturated rings. The SMILES string of the molecule is C[C@@H]1CC[C@@H](c2cccc(C3CCC3)c2)N(C(=O)C(=O)Nc2cncc(C(N)=O)c2)C1. The number of benzene rings is 1. The summed E-state index contributed by atoms with van der Waals surface area (Å²) in [7, 11) is 0. The van der Waals surface area contributed by atoms with E-state index < -0.39 is 17.7 Å². The summed E-state index contributed by atoms with van der Waals surface area (Å²) in [5, 5.41) is 2.57. The van der Waals surface area contributed by atoms with Crippen molar-refractivity contribution in [1.29, 1.82) is 0 Å². The van der Waals surface area contributed by atoms with Crippen molar-refractivity contribution >= 4 is 23.4 Å². The summed E-state index contributed by atoms with van der Waals surface area (Å²) >= 11 is 0. The highest BCUT2D eigenvalue weighted by Gasteiger charge is 2.34. The van der Waals surface area contributed by atoms with Crippen LogP contribution < -0.4 is 11.1 Å². The van der Waals surface area contributed by atoms with Gasteiger partial charge in [0.25, 0.3) is 0 Å². The smallest absolute Gasteiger partial charge is 0.313 e. The number of hydrogen-bond donors (Lipinski definition) is 2. The molecule has 1 aromatic heterocycles. The van der Waals surface area contributed by atoms with Gasteiger partial charge in [-0.25, -0.2) is 0 Å². The van der Waals surface area contributed by atoms with Gasteiger partial charge in [0.1, 0.15) is 0 Å². The van der Waals surface area contributed by atoms with E-state index in [9.17, 15) is 14.4 Å². The fourth-order valence-corrected chi connectivity index (χ4v) is 4.44. The minimum Gasteiger partial charge on any atom is -0.366 e. The van der Waals surface area contributed by atoms with E-state index in [1.54, 1.807) is 4.90 Å². The van der Waals surface area contributed by atoms with Crippen molar-refractivity contribution in [2.24, 2.45) is 11.7 Å². The maximum absolute atomic E-state index is 13.1. The van der Waals surface area contributed by atoms with Crippen molar-refractivity contribution in [2.45, 2.75) is 51.0 Å². The van der Waals surface area contributed by atoms with E-state index >= 15 is 0 Å². The Morgan fingerprint density at radius 3 is 2.55 bits per heavy atom. The number of pyridine rings is 1. The molecule has 0 spiro atoms. The highest BCUT2D eigenvalue weighted by Crippen LogP contribution is 2.39. The van der Waals surface area contributed by atoms with E-state index in [0.717, 1.165) is 18.4 Å². The van der Waals surface area contributed by atoms with Gasteiger partial charge in [0.05, 0.1) is 23.5 Å². The Morgan fingerprint density at radius 1 is 1.06 bits per heavy atom. The summed E-state index contributed by atoms with van der Waals surface area (Å²) in [6.45, 7) is 2.63. The zero-order chi connectivity index (χ0) is 22.0. The molecule has 31 heavy (non-hydrogen) atoms. The number of carbonyl (C=O) groups is 3.